The number of hydrogen-bond acceptors (Lipinski definition) is 7. The molecule has 2 heterocycles. The van der Waals surface area contributed by atoms with E-state index in [2.05, 4.69) is 32.6 Å². The van der Waals surface area contributed by atoms with Gasteiger partial charge in [-0.25, -0.2) is 14.6 Å². The number of methoxy groups -OCH3 is 1. The Balaban J connectivity index is 1.66. The van der Waals surface area contributed by atoms with Gasteiger partial charge in [0, 0.05) is 32.0 Å². The number of carbonyl (C=O) groups is 1. The van der Waals surface area contributed by atoms with E-state index >= 15 is 0 Å². The third kappa shape index (κ3) is 6.80. The second-order valence-electron chi connectivity index (χ2n) is 6.76. The van der Waals surface area contributed by atoms with E-state index in [9.17, 15) is 4.79 Å². The molecule has 0 fully saturated rings. The molecule has 0 saturated carbocycles. The van der Waals surface area contributed by atoms with Crippen LogP contribution >= 0.6 is 11.8 Å². The monoisotopic (exact) mass is 440 g/mol. The smallest absolute Gasteiger partial charge is 0.244 e. The number of nitrogens with zero attached hydrogens (tertiary/aromatic N) is 4. The van der Waals surface area contributed by atoms with Crippen molar-refractivity contribution in [3.8, 4) is 0 Å². The highest BCUT2D eigenvalue weighted by Crippen LogP contribution is 2.24. The van der Waals surface area contributed by atoms with Gasteiger partial charge in [0.1, 0.15) is 5.82 Å². The molecule has 2 aromatic heterocycles. The molecule has 1 aromatic carbocycles. The van der Waals surface area contributed by atoms with Crippen LogP contribution < -0.4 is 10.6 Å². The molecule has 164 valence electrons. The Labute approximate surface area is 186 Å². The van der Waals surface area contributed by atoms with Crippen LogP contribution in [-0.4, -0.2) is 58.2 Å². The summed E-state index contributed by atoms with van der Waals surface area (Å²) >= 11 is 1.62. The number of rotatable bonds is 12. The number of fused-ring (bicyclic) bond motifs is 1. The molecule has 0 atom stereocenters. The van der Waals surface area contributed by atoms with Crippen molar-refractivity contribution in [2.24, 2.45) is 0 Å². The largest absolute Gasteiger partial charge is 0.383 e. The van der Waals surface area contributed by atoms with Crippen LogP contribution in [0, 0.1) is 0 Å². The molecule has 0 saturated heterocycles. The van der Waals surface area contributed by atoms with Crippen molar-refractivity contribution in [2.45, 2.75) is 25.0 Å². The van der Waals surface area contributed by atoms with E-state index in [4.69, 9.17) is 4.74 Å². The summed E-state index contributed by atoms with van der Waals surface area (Å²) in [6.45, 7) is 4.32. The van der Waals surface area contributed by atoms with Crippen molar-refractivity contribution >= 4 is 40.6 Å². The highest BCUT2D eigenvalue weighted by atomic mass is 32.2. The maximum atomic E-state index is 12.1. The van der Waals surface area contributed by atoms with Gasteiger partial charge in [-0.3, -0.25) is 4.79 Å². The van der Waals surface area contributed by atoms with E-state index < -0.39 is 0 Å². The Morgan fingerprint density at radius 2 is 2.06 bits per heavy atom. The molecular formula is C22H28N6O2S. The molecule has 0 aliphatic rings. The molecule has 1 amide bonds. The lowest BCUT2D eigenvalue weighted by Crippen LogP contribution is -2.25. The zero-order valence-electron chi connectivity index (χ0n) is 17.9. The highest BCUT2D eigenvalue weighted by molar-refractivity contribution is 7.99. The van der Waals surface area contributed by atoms with Crippen LogP contribution in [0.1, 0.15) is 18.9 Å². The fourth-order valence-electron chi connectivity index (χ4n) is 2.84. The van der Waals surface area contributed by atoms with E-state index in [1.807, 2.05) is 30.3 Å². The van der Waals surface area contributed by atoms with Gasteiger partial charge >= 0.3 is 0 Å². The Morgan fingerprint density at radius 3 is 2.84 bits per heavy atom. The second kappa shape index (κ2) is 12.1. The summed E-state index contributed by atoms with van der Waals surface area (Å²) in [5.74, 6) is 1.55. The first-order valence-corrected chi connectivity index (χ1v) is 11.3. The minimum atomic E-state index is -0.143. The average molecular weight is 441 g/mol. The van der Waals surface area contributed by atoms with Crippen LogP contribution in [0.25, 0.3) is 17.1 Å². The van der Waals surface area contributed by atoms with Gasteiger partial charge in [0.05, 0.1) is 24.7 Å². The first kappa shape index (κ1) is 22.8. The fourth-order valence-corrected chi connectivity index (χ4v) is 3.54. The van der Waals surface area contributed by atoms with Gasteiger partial charge < -0.3 is 15.4 Å². The predicted molar refractivity (Wildman–Crippen MR) is 125 cm³/mol. The number of anilines is 1. The molecule has 3 rings (SSSR count). The fraction of sp³-hybridized carbons (Fsp3) is 0.364. The second-order valence-corrected chi connectivity index (χ2v) is 7.82. The predicted octanol–water partition coefficient (Wildman–Crippen LogP) is 3.22. The first-order chi connectivity index (χ1) is 15.2. The van der Waals surface area contributed by atoms with Crippen LogP contribution in [0.4, 0.5) is 5.82 Å². The van der Waals surface area contributed by atoms with Crippen LogP contribution in [0.5, 0.6) is 0 Å². The van der Waals surface area contributed by atoms with Crippen LogP contribution in [-0.2, 0) is 16.1 Å². The molecule has 3 aromatic rings. The van der Waals surface area contributed by atoms with Crippen molar-refractivity contribution in [3.63, 3.8) is 0 Å². The van der Waals surface area contributed by atoms with E-state index in [1.165, 1.54) is 6.08 Å². The first-order valence-electron chi connectivity index (χ1n) is 10.3. The Hall–Kier alpha value is -2.91. The third-order valence-electron chi connectivity index (χ3n) is 4.36. The number of aromatic nitrogens is 4. The Kier molecular flexibility index (Phi) is 8.86. The summed E-state index contributed by atoms with van der Waals surface area (Å²) in [4.78, 5) is 21.4. The third-order valence-corrected chi connectivity index (χ3v) is 5.41. The number of thioether (sulfide) groups is 1. The number of hydrogen-bond donors (Lipinski definition) is 2. The summed E-state index contributed by atoms with van der Waals surface area (Å²) in [5, 5.41) is 12.2. The topological polar surface area (TPSA) is 94.0 Å². The normalized spacial score (nSPS) is 11.3. The number of carbonyl (C=O) groups excluding carboxylic acids is 1. The summed E-state index contributed by atoms with van der Waals surface area (Å²) in [6, 6.07) is 9.72. The molecule has 0 aliphatic carbocycles. The minimum absolute atomic E-state index is 0.143. The maximum absolute atomic E-state index is 12.1. The molecule has 8 nitrogen and oxygen atoms in total. The Bertz CT molecular complexity index is 1010. The van der Waals surface area contributed by atoms with Crippen molar-refractivity contribution in [1.82, 2.24) is 25.1 Å². The van der Waals surface area contributed by atoms with Crippen molar-refractivity contribution < 1.29 is 9.53 Å². The maximum Gasteiger partial charge on any atom is 0.244 e. The van der Waals surface area contributed by atoms with Crippen LogP contribution in [0.2, 0.25) is 0 Å². The molecule has 0 bridgehead atoms. The molecule has 0 unspecified atom stereocenters. The quantitative estimate of drug-likeness (QED) is 0.193. The van der Waals surface area contributed by atoms with Gasteiger partial charge in [0.15, 0.2) is 10.8 Å². The number of nitrogens with one attached hydrogen (secondary N) is 2. The highest BCUT2D eigenvalue weighted by Gasteiger charge is 2.13. The van der Waals surface area contributed by atoms with Crippen LogP contribution in [0.3, 0.4) is 0 Å². The number of amides is 1. The van der Waals surface area contributed by atoms with Gasteiger partial charge in [0.25, 0.3) is 0 Å². The number of ether oxygens (including phenoxy) is 1. The standard InChI is InChI=1S/C22H28N6O2S/c1-3-15-31-22-26-20(24-12-14-30-2)18-16-25-28(21(18)27-22)13-11-23-19(29)10-9-17-7-5-4-6-8-17/h4-10,16H,3,11-15H2,1-2H3,(H,23,29)(H,24,26,27)/b10-9-. The van der Waals surface area contributed by atoms with Gasteiger partial charge in [0.2, 0.25) is 5.91 Å². The molecule has 31 heavy (non-hydrogen) atoms. The zero-order valence-corrected chi connectivity index (χ0v) is 18.7. The molecule has 0 aliphatic heterocycles. The summed E-state index contributed by atoms with van der Waals surface area (Å²) in [7, 11) is 1.67. The van der Waals surface area contributed by atoms with E-state index in [-0.39, 0.29) is 5.91 Å². The molecule has 0 radical (unpaired) electrons. The van der Waals surface area contributed by atoms with Crippen LogP contribution in [0.15, 0.2) is 47.8 Å². The van der Waals surface area contributed by atoms with Crippen molar-refractivity contribution in [1.29, 1.82) is 0 Å². The average Bonchev–Trinajstić information content (AvgIpc) is 3.20. The van der Waals surface area contributed by atoms with Gasteiger partial charge in [-0.15, -0.1) is 0 Å². The van der Waals surface area contributed by atoms with Crippen molar-refractivity contribution in [2.75, 3.05) is 37.9 Å². The van der Waals surface area contributed by atoms with Gasteiger partial charge in [-0.1, -0.05) is 49.0 Å². The molecule has 9 heteroatoms. The summed E-state index contributed by atoms with van der Waals surface area (Å²) < 4.78 is 6.92. The lowest BCUT2D eigenvalue weighted by atomic mass is 10.2. The van der Waals surface area contributed by atoms with E-state index in [0.29, 0.717) is 31.4 Å². The Morgan fingerprint density at radius 1 is 1.23 bits per heavy atom. The van der Waals surface area contributed by atoms with E-state index in [0.717, 1.165) is 34.6 Å². The molecule has 0 spiro atoms. The summed E-state index contributed by atoms with van der Waals surface area (Å²) in [6.07, 6.45) is 6.13. The lowest BCUT2D eigenvalue weighted by molar-refractivity contribution is -0.116. The van der Waals surface area contributed by atoms with Crippen molar-refractivity contribution in [3.05, 3.63) is 48.2 Å². The lowest BCUT2D eigenvalue weighted by Gasteiger charge is -2.09. The van der Waals surface area contributed by atoms with Gasteiger partial charge in [-0.2, -0.15) is 5.10 Å². The van der Waals surface area contributed by atoms with E-state index in [1.54, 1.807) is 35.8 Å². The summed E-state index contributed by atoms with van der Waals surface area (Å²) in [5.41, 5.74) is 1.74. The number of benzene rings is 1. The zero-order chi connectivity index (χ0) is 21.9. The molecular weight excluding hydrogens is 412 g/mol. The molecule has 2 N–H and O–H groups in total. The SMILES string of the molecule is CCCSc1nc(NCCOC)c2cnn(CCNC(=O)/C=C\c3ccccc3)c2n1. The minimum Gasteiger partial charge on any atom is -0.383 e. The van der Waals surface area contributed by atoms with Gasteiger partial charge in [-0.05, 0) is 18.1 Å².